The number of allylic oxidation sites excluding steroid dienone is 5. The van der Waals surface area contributed by atoms with E-state index < -0.39 is 142 Å². The largest absolute Gasteiger partial charge is 0.508 e. The van der Waals surface area contributed by atoms with Crippen molar-refractivity contribution in [2.24, 2.45) is 0 Å². The Labute approximate surface area is 352 Å². The van der Waals surface area contributed by atoms with Crippen molar-refractivity contribution >= 4 is 5.97 Å². The summed E-state index contributed by atoms with van der Waals surface area (Å²) in [5.41, 5.74) is -0.361. The van der Waals surface area contributed by atoms with Gasteiger partial charge < -0.3 is 94.8 Å². The van der Waals surface area contributed by atoms with Crippen molar-refractivity contribution in [1.82, 2.24) is 0 Å². The molecule has 0 amide bonds. The van der Waals surface area contributed by atoms with Crippen LogP contribution in [-0.2, 0) is 39.8 Å². The van der Waals surface area contributed by atoms with Crippen LogP contribution in [0.25, 0.3) is 0 Å². The van der Waals surface area contributed by atoms with Gasteiger partial charge in [0.15, 0.2) is 18.7 Å². The van der Waals surface area contributed by atoms with Crippen LogP contribution in [-0.4, -0.2) is 184 Å². The van der Waals surface area contributed by atoms with E-state index in [1.54, 1.807) is 18.2 Å². The number of hydrogen-bond donors (Lipinski definition) is 13. The summed E-state index contributed by atoms with van der Waals surface area (Å²) in [5.74, 6) is -2.19. The fourth-order valence-electron chi connectivity index (χ4n) is 7.11. The van der Waals surface area contributed by atoms with E-state index in [4.69, 9.17) is 28.4 Å². The lowest BCUT2D eigenvalue weighted by Gasteiger charge is -2.49. The Hall–Kier alpha value is -3.39. The lowest BCUT2D eigenvalue weighted by atomic mass is 9.88. The summed E-state index contributed by atoms with van der Waals surface area (Å²) in [6.07, 6.45) is -11.2. The fourth-order valence-corrected chi connectivity index (χ4v) is 7.11. The Morgan fingerprint density at radius 2 is 1.34 bits per heavy atom. The van der Waals surface area contributed by atoms with Crippen LogP contribution in [0.4, 0.5) is 0 Å². The van der Waals surface area contributed by atoms with Gasteiger partial charge in [0.25, 0.3) is 0 Å². The molecule has 13 N–H and O–H groups in total. The van der Waals surface area contributed by atoms with E-state index in [1.165, 1.54) is 12.2 Å². The maximum atomic E-state index is 13.3. The number of hydrogen-bond acceptors (Lipinski definition) is 20. The van der Waals surface area contributed by atoms with Gasteiger partial charge in [-0.2, -0.15) is 0 Å². The molecule has 0 aromatic heterocycles. The molecule has 20 heteroatoms. The summed E-state index contributed by atoms with van der Waals surface area (Å²) in [5, 5.41) is 136. The highest BCUT2D eigenvalue weighted by Gasteiger charge is 2.55. The first-order chi connectivity index (χ1) is 29.2. The number of benzene rings is 1. The standard InChI is InChI=1S/C41H60O20/c1-2-3-4-5-6-7-9-12-22(46)13-10-8-11-14-28(49)59-38-35(55)37(29-21(17-42)15-23(47)16-24(29)48)56-27(20-45)36(38)60-41-39(33(53)31(51)26(19-44)58-41)61-40-34(54)32(52)30(50)25(18-43)57-40/h6-12,14-16,22,25-27,30-48,50-55H,2-5,13,17-20H2,1H3/b7-6+,10-8+,12-9+,14-11+/t22-,25+,26+,27-,30+,31+,32+,33+,34+,35+,36-,37+,38+,39-,40+,41+/m1/s1. The Kier molecular flexibility index (Phi) is 20.1. The molecule has 0 unspecified atom stereocenters. The number of unbranched alkanes of at least 4 members (excludes halogenated alkanes) is 3. The molecule has 3 fully saturated rings. The highest BCUT2D eigenvalue weighted by Crippen LogP contribution is 2.43. The number of phenolic OH excluding ortho intramolecular Hbond substituents is 2. The van der Waals surface area contributed by atoms with E-state index in [0.29, 0.717) is 0 Å². The third-order valence-corrected chi connectivity index (χ3v) is 10.4. The Morgan fingerprint density at radius 1 is 0.705 bits per heavy atom. The first kappa shape index (κ1) is 50.3. The second kappa shape index (κ2) is 24.5. The van der Waals surface area contributed by atoms with Crippen molar-refractivity contribution in [2.75, 3.05) is 19.8 Å². The number of aliphatic hydroxyl groups is 11. The van der Waals surface area contributed by atoms with Crippen molar-refractivity contribution in [3.8, 4) is 11.5 Å². The molecule has 1 aromatic rings. The predicted octanol–water partition coefficient (Wildman–Crippen LogP) is -2.14. The molecule has 0 spiro atoms. The first-order valence-corrected chi connectivity index (χ1v) is 20.1. The van der Waals surface area contributed by atoms with E-state index in [2.05, 4.69) is 6.92 Å². The molecule has 0 saturated carbocycles. The first-order valence-electron chi connectivity index (χ1n) is 20.1. The van der Waals surface area contributed by atoms with Gasteiger partial charge in [-0.1, -0.05) is 62.3 Å². The topological polar surface area (TPSA) is 335 Å². The number of aliphatic hydroxyl groups excluding tert-OH is 11. The normalized spacial score (nSPS) is 35.4. The molecule has 4 rings (SSSR count). The molecule has 3 heterocycles. The molecule has 3 saturated heterocycles. The number of aromatic hydroxyl groups is 2. The average Bonchev–Trinajstić information content (AvgIpc) is 3.24. The van der Waals surface area contributed by atoms with Crippen molar-refractivity contribution < 1.29 is 99.6 Å². The number of esters is 1. The molecule has 3 aliphatic rings. The highest BCUT2D eigenvalue weighted by molar-refractivity contribution is 5.82. The Balaban J connectivity index is 1.62. The third kappa shape index (κ3) is 13.1. The van der Waals surface area contributed by atoms with E-state index in [1.807, 2.05) is 12.2 Å². The lowest BCUT2D eigenvalue weighted by molar-refractivity contribution is -0.383. The van der Waals surface area contributed by atoms with Gasteiger partial charge >= 0.3 is 5.97 Å². The van der Waals surface area contributed by atoms with Crippen molar-refractivity contribution in [1.29, 1.82) is 0 Å². The second-order valence-corrected chi connectivity index (χ2v) is 14.9. The van der Waals surface area contributed by atoms with E-state index >= 15 is 0 Å². The number of phenols is 2. The Morgan fingerprint density at radius 3 is 2.00 bits per heavy atom. The Bertz CT molecular complexity index is 1620. The summed E-state index contributed by atoms with van der Waals surface area (Å²) in [7, 11) is 0. The summed E-state index contributed by atoms with van der Waals surface area (Å²) >= 11 is 0. The van der Waals surface area contributed by atoms with Gasteiger partial charge in [-0.05, 0) is 30.9 Å². The van der Waals surface area contributed by atoms with E-state index in [-0.39, 0.29) is 17.5 Å². The fraction of sp³-hybridized carbons (Fsp3) is 0.634. The molecule has 20 nitrogen and oxygen atoms in total. The van der Waals surface area contributed by atoms with E-state index in [0.717, 1.165) is 43.9 Å². The minimum Gasteiger partial charge on any atom is -0.508 e. The molecule has 61 heavy (non-hydrogen) atoms. The maximum absolute atomic E-state index is 13.3. The van der Waals surface area contributed by atoms with Crippen molar-refractivity contribution in [3.63, 3.8) is 0 Å². The zero-order chi connectivity index (χ0) is 44.8. The quantitative estimate of drug-likeness (QED) is 0.0288. The molecular formula is C41H60O20. The SMILES string of the molecule is CCCCC/C=C/C=C/[C@@H](O)C/C=C/C=C/C(=O)O[C@H]1[C@@H](O)[C@H](c2c(O)cc(O)cc2CO)O[C@H](CO)[C@H]1O[C@@H]1O[C@@H](CO)[C@H](O)[C@H](O)[C@H]1O[C@@H]1O[C@@H](CO)[C@H](O)[C@H](O)[C@@H]1O. The van der Waals surface area contributed by atoms with Crippen LogP contribution in [0.15, 0.2) is 60.7 Å². The second-order valence-electron chi connectivity index (χ2n) is 14.9. The predicted molar refractivity (Wildman–Crippen MR) is 209 cm³/mol. The van der Waals surface area contributed by atoms with E-state index in [9.17, 15) is 71.2 Å². The smallest absolute Gasteiger partial charge is 0.331 e. The number of rotatable bonds is 20. The molecule has 0 aliphatic carbocycles. The zero-order valence-electron chi connectivity index (χ0n) is 33.5. The third-order valence-electron chi connectivity index (χ3n) is 10.4. The average molecular weight is 873 g/mol. The van der Waals surface area contributed by atoms with Gasteiger partial charge in [0.05, 0.1) is 32.5 Å². The molecule has 0 bridgehead atoms. The van der Waals surface area contributed by atoms with Crippen LogP contribution in [0, 0.1) is 0 Å². The summed E-state index contributed by atoms with van der Waals surface area (Å²) in [6.45, 7) is -1.34. The summed E-state index contributed by atoms with van der Waals surface area (Å²) in [6, 6.07) is 1.97. The maximum Gasteiger partial charge on any atom is 0.331 e. The van der Waals surface area contributed by atoms with Gasteiger partial charge in [-0.3, -0.25) is 0 Å². The minimum atomic E-state index is -2.02. The van der Waals surface area contributed by atoms with Crippen LogP contribution in [0.3, 0.4) is 0 Å². The number of carbonyl (C=O) groups excluding carboxylic acids is 1. The van der Waals surface area contributed by atoms with Crippen molar-refractivity contribution in [2.45, 2.75) is 144 Å². The monoisotopic (exact) mass is 872 g/mol. The molecule has 16 atom stereocenters. The van der Waals surface area contributed by atoms with Gasteiger partial charge in [0.2, 0.25) is 0 Å². The van der Waals surface area contributed by atoms with Gasteiger partial charge in [0.1, 0.15) is 84.7 Å². The lowest BCUT2D eigenvalue weighted by Crippen LogP contribution is -2.66. The molecule has 0 radical (unpaired) electrons. The summed E-state index contributed by atoms with van der Waals surface area (Å²) < 4.78 is 34.6. The van der Waals surface area contributed by atoms with Gasteiger partial charge in [0, 0.05) is 17.7 Å². The van der Waals surface area contributed by atoms with Crippen LogP contribution < -0.4 is 0 Å². The minimum absolute atomic E-state index is 0.112. The number of carbonyl (C=O) groups is 1. The van der Waals surface area contributed by atoms with Crippen LogP contribution in [0.5, 0.6) is 11.5 Å². The van der Waals surface area contributed by atoms with Crippen LogP contribution >= 0.6 is 0 Å². The van der Waals surface area contributed by atoms with Gasteiger partial charge in [-0.15, -0.1) is 0 Å². The van der Waals surface area contributed by atoms with Crippen molar-refractivity contribution in [3.05, 3.63) is 71.9 Å². The number of ether oxygens (including phenoxy) is 6. The van der Waals surface area contributed by atoms with Gasteiger partial charge in [-0.25, -0.2) is 4.79 Å². The highest BCUT2D eigenvalue weighted by atomic mass is 16.8. The molecular weight excluding hydrogens is 812 g/mol. The van der Waals surface area contributed by atoms with Crippen LogP contribution in [0.2, 0.25) is 0 Å². The zero-order valence-corrected chi connectivity index (χ0v) is 33.5. The molecule has 3 aliphatic heterocycles. The summed E-state index contributed by atoms with van der Waals surface area (Å²) in [4.78, 5) is 13.3. The molecule has 344 valence electrons. The molecule has 1 aromatic carbocycles. The van der Waals surface area contributed by atoms with Crippen LogP contribution in [0.1, 0.15) is 56.3 Å².